The smallest absolute Gasteiger partial charge is 0.0400 e. The van der Waals surface area contributed by atoms with Crippen LogP contribution in [0.2, 0.25) is 0 Å². The molecule has 0 saturated carbocycles. The number of rotatable bonds is 7. The maximum atomic E-state index is 3.52. The van der Waals surface area contributed by atoms with Gasteiger partial charge in [-0.25, -0.2) is 0 Å². The molecule has 4 heteroatoms. The zero-order valence-electron chi connectivity index (χ0n) is 16.4. The summed E-state index contributed by atoms with van der Waals surface area (Å²) in [7, 11) is 0. The van der Waals surface area contributed by atoms with Gasteiger partial charge < -0.3 is 10.6 Å². The number of hydrogen-bond acceptors (Lipinski definition) is 2. The van der Waals surface area contributed by atoms with Gasteiger partial charge in [0.2, 0.25) is 0 Å². The number of benzene rings is 4. The highest BCUT2D eigenvalue weighted by Gasteiger charge is 2.09. The van der Waals surface area contributed by atoms with Crippen LogP contribution in [0.5, 0.6) is 0 Å². The van der Waals surface area contributed by atoms with Gasteiger partial charge in [0.25, 0.3) is 0 Å². The van der Waals surface area contributed by atoms with E-state index in [2.05, 4.69) is 141 Å². The second-order valence-electron chi connectivity index (χ2n) is 7.07. The van der Waals surface area contributed by atoms with E-state index in [1.165, 1.54) is 29.4 Å². The molecule has 0 fully saturated rings. The van der Waals surface area contributed by atoms with E-state index in [9.17, 15) is 0 Å². The zero-order valence-corrected chi connectivity index (χ0v) is 20.7. The molecule has 4 aromatic carbocycles. The van der Waals surface area contributed by atoms with Crippen molar-refractivity contribution in [3.63, 3.8) is 0 Å². The van der Waals surface area contributed by atoms with Gasteiger partial charge >= 0.3 is 0 Å². The summed E-state index contributed by atoms with van der Waals surface area (Å²) in [5.74, 6) is 0. The van der Waals surface area contributed by atoms with Crippen LogP contribution in [0.15, 0.2) is 97.1 Å². The summed E-state index contributed by atoms with van der Waals surface area (Å²) >= 11 is 4.87. The minimum Gasteiger partial charge on any atom is -0.381 e. The van der Waals surface area contributed by atoms with Crippen LogP contribution in [0.1, 0.15) is 11.1 Å². The lowest BCUT2D eigenvalue weighted by atomic mass is 10.0. The summed E-state index contributed by atoms with van der Waals surface area (Å²) in [5.41, 5.74) is 7.38. The van der Waals surface area contributed by atoms with Crippen molar-refractivity contribution in [2.45, 2.75) is 13.1 Å². The fraction of sp³-hybridized carbons (Fsp3) is 0.0769. The number of hydrogen-bond donors (Lipinski definition) is 2. The fourth-order valence-corrected chi connectivity index (χ4v) is 4.90. The van der Waals surface area contributed by atoms with E-state index >= 15 is 0 Å². The normalized spacial score (nSPS) is 10.6. The predicted octanol–water partition coefficient (Wildman–Crippen LogP) is 7.79. The molecular weight excluding hydrogens is 594 g/mol. The molecule has 2 N–H and O–H groups in total. The molecule has 2 nitrogen and oxygen atoms in total. The first-order chi connectivity index (χ1) is 14.7. The zero-order chi connectivity index (χ0) is 20.8. The Morgan fingerprint density at radius 2 is 0.900 bits per heavy atom. The van der Waals surface area contributed by atoms with Gasteiger partial charge in [-0.05, 0) is 91.7 Å². The van der Waals surface area contributed by atoms with Crippen LogP contribution >= 0.6 is 45.2 Å². The molecule has 0 aromatic heterocycles. The van der Waals surface area contributed by atoms with Crippen LogP contribution in [-0.2, 0) is 13.1 Å². The Morgan fingerprint density at radius 3 is 1.27 bits per heavy atom. The highest BCUT2D eigenvalue weighted by molar-refractivity contribution is 14.1. The molecule has 150 valence electrons. The molecule has 30 heavy (non-hydrogen) atoms. The minimum absolute atomic E-state index is 0.829. The first-order valence-electron chi connectivity index (χ1n) is 9.84. The van der Waals surface area contributed by atoms with Crippen LogP contribution < -0.4 is 10.6 Å². The van der Waals surface area contributed by atoms with Gasteiger partial charge in [-0.1, -0.05) is 72.8 Å². The standard InChI is InChI=1S/C26H22I2N2/c27-25-15-21(29-17-19-7-3-1-4-8-19)11-13-23(25)24-14-12-22(16-26(24)28)30-18-20-9-5-2-6-10-20/h1-16,29-30H,17-18H2. The number of nitrogens with one attached hydrogen (secondary N) is 2. The third-order valence-electron chi connectivity index (χ3n) is 4.91. The third kappa shape index (κ3) is 5.55. The molecule has 0 spiro atoms. The second-order valence-corrected chi connectivity index (χ2v) is 9.39. The van der Waals surface area contributed by atoms with Crippen molar-refractivity contribution in [1.82, 2.24) is 0 Å². The molecule has 0 amide bonds. The van der Waals surface area contributed by atoms with E-state index in [1.807, 2.05) is 12.1 Å². The highest BCUT2D eigenvalue weighted by Crippen LogP contribution is 2.33. The van der Waals surface area contributed by atoms with Gasteiger partial charge in [0.1, 0.15) is 0 Å². The molecule has 0 aliphatic rings. The Bertz CT molecular complexity index is 1020. The summed E-state index contributed by atoms with van der Waals surface area (Å²) in [6.07, 6.45) is 0. The Morgan fingerprint density at radius 1 is 0.500 bits per heavy atom. The van der Waals surface area contributed by atoms with Crippen molar-refractivity contribution in [2.75, 3.05) is 10.6 Å². The lowest BCUT2D eigenvalue weighted by Gasteiger charge is -2.13. The van der Waals surface area contributed by atoms with Crippen LogP contribution in [0.3, 0.4) is 0 Å². The Hall–Kier alpha value is -2.06. The van der Waals surface area contributed by atoms with Gasteiger partial charge in [-0.3, -0.25) is 0 Å². The molecule has 0 unspecified atom stereocenters. The highest BCUT2D eigenvalue weighted by atomic mass is 127. The van der Waals surface area contributed by atoms with Crippen molar-refractivity contribution in [2.24, 2.45) is 0 Å². The Kier molecular flexibility index (Phi) is 7.28. The molecule has 0 radical (unpaired) electrons. The van der Waals surface area contributed by atoms with E-state index in [1.54, 1.807) is 0 Å². The van der Waals surface area contributed by atoms with E-state index in [-0.39, 0.29) is 0 Å². The quantitative estimate of drug-likeness (QED) is 0.207. The fourth-order valence-electron chi connectivity index (χ4n) is 3.29. The lowest BCUT2D eigenvalue weighted by Crippen LogP contribution is -2.01. The summed E-state index contributed by atoms with van der Waals surface area (Å²) in [6.45, 7) is 1.66. The average molecular weight is 616 g/mol. The van der Waals surface area contributed by atoms with Crippen LogP contribution in [0, 0.1) is 7.14 Å². The molecule has 0 atom stereocenters. The molecule has 0 aliphatic carbocycles. The van der Waals surface area contributed by atoms with Gasteiger partial charge in [-0.15, -0.1) is 0 Å². The monoisotopic (exact) mass is 616 g/mol. The Balaban J connectivity index is 1.45. The van der Waals surface area contributed by atoms with Crippen LogP contribution in [0.4, 0.5) is 11.4 Å². The van der Waals surface area contributed by atoms with Crippen molar-refractivity contribution in [3.8, 4) is 11.1 Å². The Labute approximate surface area is 205 Å². The number of anilines is 2. The van der Waals surface area contributed by atoms with Crippen molar-refractivity contribution in [3.05, 3.63) is 115 Å². The predicted molar refractivity (Wildman–Crippen MR) is 145 cm³/mol. The average Bonchev–Trinajstić information content (AvgIpc) is 2.78. The van der Waals surface area contributed by atoms with E-state index in [0.717, 1.165) is 24.5 Å². The van der Waals surface area contributed by atoms with E-state index < -0.39 is 0 Å². The van der Waals surface area contributed by atoms with Crippen LogP contribution in [0.25, 0.3) is 11.1 Å². The maximum Gasteiger partial charge on any atom is 0.0400 e. The summed E-state index contributed by atoms with van der Waals surface area (Å²) in [6, 6.07) is 34.1. The van der Waals surface area contributed by atoms with Crippen LogP contribution in [-0.4, -0.2) is 0 Å². The first kappa shape index (κ1) is 21.2. The summed E-state index contributed by atoms with van der Waals surface area (Å²) in [5, 5.41) is 7.04. The van der Waals surface area contributed by atoms with Crippen molar-refractivity contribution >= 4 is 56.6 Å². The second kappa shape index (κ2) is 10.3. The molecule has 0 heterocycles. The van der Waals surface area contributed by atoms with Gasteiger partial charge in [-0.2, -0.15) is 0 Å². The topological polar surface area (TPSA) is 24.1 Å². The SMILES string of the molecule is Ic1cc(NCc2ccccc2)ccc1-c1ccc(NCc2ccccc2)cc1I. The summed E-state index contributed by atoms with van der Waals surface area (Å²) < 4.78 is 2.49. The molecule has 0 bridgehead atoms. The van der Waals surface area contributed by atoms with Gasteiger partial charge in [0.05, 0.1) is 0 Å². The maximum absolute atomic E-state index is 3.52. The first-order valence-corrected chi connectivity index (χ1v) is 12.0. The largest absolute Gasteiger partial charge is 0.381 e. The van der Waals surface area contributed by atoms with Gasteiger partial charge in [0.15, 0.2) is 0 Å². The van der Waals surface area contributed by atoms with E-state index in [4.69, 9.17) is 0 Å². The van der Waals surface area contributed by atoms with E-state index in [0.29, 0.717) is 0 Å². The number of halogens is 2. The molecule has 4 rings (SSSR count). The molecule has 4 aromatic rings. The third-order valence-corrected chi connectivity index (χ3v) is 6.69. The van der Waals surface area contributed by atoms with Crippen molar-refractivity contribution < 1.29 is 0 Å². The molecular formula is C26H22I2N2. The van der Waals surface area contributed by atoms with Crippen molar-refractivity contribution in [1.29, 1.82) is 0 Å². The van der Waals surface area contributed by atoms with Gasteiger partial charge in [0, 0.05) is 31.6 Å². The molecule has 0 saturated heterocycles. The molecule has 0 aliphatic heterocycles. The summed E-state index contributed by atoms with van der Waals surface area (Å²) in [4.78, 5) is 0. The lowest BCUT2D eigenvalue weighted by molar-refractivity contribution is 1.15. The minimum atomic E-state index is 0.829.